The van der Waals surface area contributed by atoms with Crippen LogP contribution in [0.3, 0.4) is 0 Å². The third kappa shape index (κ3) is 4.83. The quantitative estimate of drug-likeness (QED) is 0.453. The van der Waals surface area contributed by atoms with E-state index in [1.54, 1.807) is 0 Å². The summed E-state index contributed by atoms with van der Waals surface area (Å²) in [6.45, 7) is 2.07. The van der Waals surface area contributed by atoms with Crippen LogP contribution in [0.2, 0.25) is 0 Å². The highest BCUT2D eigenvalue weighted by Crippen LogP contribution is 2.46. The molecular formula is C24H31N5S2. The molecule has 164 valence electrons. The molecule has 2 saturated carbocycles. The van der Waals surface area contributed by atoms with Gasteiger partial charge in [0.2, 0.25) is 0 Å². The molecule has 2 aliphatic rings. The van der Waals surface area contributed by atoms with E-state index in [0.29, 0.717) is 12.0 Å². The maximum atomic E-state index is 4.87. The minimum Gasteiger partial charge on any atom is -0.339 e. The summed E-state index contributed by atoms with van der Waals surface area (Å²) in [5.41, 5.74) is 3.57. The van der Waals surface area contributed by atoms with Crippen molar-refractivity contribution < 1.29 is 0 Å². The number of hydrogen-bond acceptors (Lipinski definition) is 6. The Hall–Kier alpha value is -1.83. The molecule has 0 saturated heterocycles. The average molecular weight is 454 g/mol. The Morgan fingerprint density at radius 2 is 1.90 bits per heavy atom. The summed E-state index contributed by atoms with van der Waals surface area (Å²) < 4.78 is 1.90. The maximum absolute atomic E-state index is 4.87. The van der Waals surface area contributed by atoms with Gasteiger partial charge in [0.1, 0.15) is 0 Å². The van der Waals surface area contributed by atoms with Crippen molar-refractivity contribution in [2.75, 3.05) is 12.4 Å². The van der Waals surface area contributed by atoms with Crippen LogP contribution in [0.1, 0.15) is 55.1 Å². The molecule has 31 heavy (non-hydrogen) atoms. The second kappa shape index (κ2) is 8.96. The van der Waals surface area contributed by atoms with Crippen LogP contribution in [0.25, 0.3) is 10.4 Å². The van der Waals surface area contributed by atoms with Crippen LogP contribution in [0.15, 0.2) is 35.4 Å². The maximum Gasteiger partial charge on any atom is 0.152 e. The standard InChI is InChI=1S/C24H31N5S2/c1-15-12-23(28-29(15)3)27-18-8-11-20(21(13-18)30-19-9-10-19)22-14-26-24(31-22)16-4-6-17(25-2)7-5-16/h8,11-14,16-17,19,25H,4-7,9-10H2,1-3H3,(H,27,28). The second-order valence-corrected chi connectivity index (χ2v) is 11.3. The van der Waals surface area contributed by atoms with Crippen molar-refractivity contribution in [3.63, 3.8) is 0 Å². The first kappa shape index (κ1) is 21.0. The molecule has 0 radical (unpaired) electrons. The van der Waals surface area contributed by atoms with Gasteiger partial charge in [0.05, 0.1) is 9.88 Å². The predicted molar refractivity (Wildman–Crippen MR) is 132 cm³/mol. The molecule has 2 N–H and O–H groups in total. The van der Waals surface area contributed by atoms with Gasteiger partial charge in [-0.2, -0.15) is 5.10 Å². The van der Waals surface area contributed by atoms with E-state index in [0.717, 1.165) is 22.4 Å². The lowest BCUT2D eigenvalue weighted by Gasteiger charge is -2.26. The number of rotatable bonds is 7. The Morgan fingerprint density at radius 3 is 2.58 bits per heavy atom. The van der Waals surface area contributed by atoms with Crippen LogP contribution >= 0.6 is 23.1 Å². The van der Waals surface area contributed by atoms with Gasteiger partial charge in [-0.05, 0) is 64.6 Å². The normalized spacial score (nSPS) is 21.4. The minimum atomic E-state index is 0.621. The minimum absolute atomic E-state index is 0.621. The summed E-state index contributed by atoms with van der Waals surface area (Å²) in [7, 11) is 4.06. The summed E-state index contributed by atoms with van der Waals surface area (Å²) in [6.07, 6.45) is 9.75. The van der Waals surface area contributed by atoms with Gasteiger partial charge in [-0.15, -0.1) is 23.1 Å². The number of nitrogens with one attached hydrogen (secondary N) is 2. The fraction of sp³-hybridized carbons (Fsp3) is 0.500. The van der Waals surface area contributed by atoms with E-state index < -0.39 is 0 Å². The number of nitrogens with zero attached hydrogens (tertiary/aromatic N) is 3. The topological polar surface area (TPSA) is 54.8 Å². The van der Waals surface area contributed by atoms with Gasteiger partial charge in [0, 0.05) is 58.4 Å². The lowest BCUT2D eigenvalue weighted by atomic mass is 9.86. The Labute approximate surface area is 193 Å². The fourth-order valence-corrected chi connectivity index (χ4v) is 6.69. The number of aryl methyl sites for hydroxylation is 2. The van der Waals surface area contributed by atoms with Crippen molar-refractivity contribution in [2.24, 2.45) is 7.05 Å². The Balaban J connectivity index is 1.37. The van der Waals surface area contributed by atoms with Crippen LogP contribution < -0.4 is 10.6 Å². The number of aromatic nitrogens is 3. The molecule has 0 aliphatic heterocycles. The highest BCUT2D eigenvalue weighted by atomic mass is 32.2. The fourth-order valence-electron chi connectivity index (χ4n) is 4.27. The molecule has 5 rings (SSSR count). The van der Waals surface area contributed by atoms with Crippen molar-refractivity contribution in [3.8, 4) is 10.4 Å². The third-order valence-corrected chi connectivity index (χ3v) is 9.05. The number of hydrogen-bond donors (Lipinski definition) is 2. The first-order valence-electron chi connectivity index (χ1n) is 11.3. The van der Waals surface area contributed by atoms with Crippen LogP contribution in [-0.4, -0.2) is 33.1 Å². The Bertz CT molecular complexity index is 1020. The van der Waals surface area contributed by atoms with Crippen molar-refractivity contribution in [1.82, 2.24) is 20.1 Å². The molecule has 0 amide bonds. The second-order valence-electron chi connectivity index (χ2n) is 8.85. The summed E-state index contributed by atoms with van der Waals surface area (Å²) in [6, 6.07) is 9.49. The Morgan fingerprint density at radius 1 is 1.10 bits per heavy atom. The lowest BCUT2D eigenvalue weighted by Crippen LogP contribution is -2.29. The number of benzene rings is 1. The van der Waals surface area contributed by atoms with Crippen molar-refractivity contribution in [1.29, 1.82) is 0 Å². The summed E-state index contributed by atoms with van der Waals surface area (Å²) >= 11 is 3.91. The average Bonchev–Trinajstić information content (AvgIpc) is 3.35. The molecule has 5 nitrogen and oxygen atoms in total. The van der Waals surface area contributed by atoms with Gasteiger partial charge in [-0.3, -0.25) is 4.68 Å². The zero-order valence-electron chi connectivity index (χ0n) is 18.5. The van der Waals surface area contributed by atoms with Crippen molar-refractivity contribution in [3.05, 3.63) is 41.2 Å². The molecule has 0 unspecified atom stereocenters. The molecule has 0 atom stereocenters. The zero-order chi connectivity index (χ0) is 21.4. The molecule has 2 aromatic heterocycles. The SMILES string of the molecule is CNC1CCC(c2ncc(-c3ccc(Nc4cc(C)n(C)n4)cc3SC3CC3)s2)CC1. The van der Waals surface area contributed by atoms with E-state index in [-0.39, 0.29) is 0 Å². The largest absolute Gasteiger partial charge is 0.339 e. The van der Waals surface area contributed by atoms with Gasteiger partial charge in [0.25, 0.3) is 0 Å². The lowest BCUT2D eigenvalue weighted by molar-refractivity contribution is 0.358. The van der Waals surface area contributed by atoms with Crippen LogP contribution in [0.4, 0.5) is 11.5 Å². The molecule has 7 heteroatoms. The van der Waals surface area contributed by atoms with E-state index in [1.807, 2.05) is 34.8 Å². The summed E-state index contributed by atoms with van der Waals surface area (Å²) in [4.78, 5) is 7.52. The highest BCUT2D eigenvalue weighted by Gasteiger charge is 2.26. The molecular weight excluding hydrogens is 422 g/mol. The highest BCUT2D eigenvalue weighted by molar-refractivity contribution is 8.00. The molecule has 1 aromatic carbocycles. The Kier molecular flexibility index (Phi) is 6.08. The monoisotopic (exact) mass is 453 g/mol. The predicted octanol–water partition coefficient (Wildman–Crippen LogP) is 6.10. The van der Waals surface area contributed by atoms with E-state index in [2.05, 4.69) is 60.2 Å². The van der Waals surface area contributed by atoms with Gasteiger partial charge in [-0.1, -0.05) is 6.07 Å². The molecule has 2 aliphatic carbocycles. The molecule has 3 aromatic rings. The van der Waals surface area contributed by atoms with E-state index in [4.69, 9.17) is 4.98 Å². The first-order valence-corrected chi connectivity index (χ1v) is 13.0. The first-order chi connectivity index (χ1) is 15.1. The van der Waals surface area contributed by atoms with Gasteiger partial charge in [0.15, 0.2) is 5.82 Å². The van der Waals surface area contributed by atoms with E-state index in [9.17, 15) is 0 Å². The number of thioether (sulfide) groups is 1. The van der Waals surface area contributed by atoms with Gasteiger partial charge < -0.3 is 10.6 Å². The third-order valence-electron chi connectivity index (χ3n) is 6.46. The number of thiazole rings is 1. The van der Waals surface area contributed by atoms with Gasteiger partial charge >= 0.3 is 0 Å². The molecule has 0 spiro atoms. The zero-order valence-corrected chi connectivity index (χ0v) is 20.2. The van der Waals surface area contributed by atoms with Crippen molar-refractivity contribution in [2.45, 2.75) is 67.6 Å². The molecule has 0 bridgehead atoms. The summed E-state index contributed by atoms with van der Waals surface area (Å²) in [5, 5.41) is 13.5. The summed E-state index contributed by atoms with van der Waals surface area (Å²) in [5.74, 6) is 1.52. The van der Waals surface area contributed by atoms with Crippen molar-refractivity contribution >= 4 is 34.6 Å². The molecule has 2 heterocycles. The van der Waals surface area contributed by atoms with E-state index in [1.165, 1.54) is 58.9 Å². The van der Waals surface area contributed by atoms with Crippen LogP contribution in [0, 0.1) is 6.92 Å². The van der Waals surface area contributed by atoms with Gasteiger partial charge in [-0.25, -0.2) is 4.98 Å². The van der Waals surface area contributed by atoms with Crippen LogP contribution in [0.5, 0.6) is 0 Å². The smallest absolute Gasteiger partial charge is 0.152 e. The van der Waals surface area contributed by atoms with Crippen LogP contribution in [-0.2, 0) is 7.05 Å². The number of anilines is 2. The molecule has 2 fully saturated rings. The van der Waals surface area contributed by atoms with E-state index >= 15 is 0 Å².